The second kappa shape index (κ2) is 8.86. The van der Waals surface area contributed by atoms with Gasteiger partial charge in [-0.05, 0) is 38.9 Å². The first kappa shape index (κ1) is 15.9. The third-order valence-corrected chi connectivity index (χ3v) is 3.84. The van der Waals surface area contributed by atoms with Crippen molar-refractivity contribution in [3.63, 3.8) is 0 Å². The van der Waals surface area contributed by atoms with Crippen LogP contribution in [0.5, 0.6) is 0 Å². The molecule has 0 aromatic carbocycles. The van der Waals surface area contributed by atoms with Gasteiger partial charge in [0.2, 0.25) is 0 Å². The van der Waals surface area contributed by atoms with Gasteiger partial charge in [0.15, 0.2) is 0 Å². The van der Waals surface area contributed by atoms with Crippen molar-refractivity contribution < 1.29 is 4.74 Å². The van der Waals surface area contributed by atoms with E-state index in [-0.39, 0.29) is 6.10 Å². The van der Waals surface area contributed by atoms with E-state index in [1.54, 1.807) is 0 Å². The molecule has 2 N–H and O–H groups in total. The van der Waals surface area contributed by atoms with Crippen molar-refractivity contribution in [2.24, 2.45) is 11.7 Å². The molecule has 2 saturated heterocycles. The molecule has 0 amide bonds. The third-order valence-electron chi connectivity index (χ3n) is 3.84. The van der Waals surface area contributed by atoms with Crippen LogP contribution in [0.25, 0.3) is 0 Å². The Morgan fingerprint density at radius 3 is 2.44 bits per heavy atom. The molecule has 0 bridgehead atoms. The fraction of sp³-hybridized carbons (Fsp3) is 1.00. The second-order valence-electron chi connectivity index (χ2n) is 5.23. The first-order chi connectivity index (χ1) is 8.78. The van der Waals surface area contributed by atoms with E-state index in [4.69, 9.17) is 10.5 Å². The minimum absolute atomic E-state index is 0.264. The molecule has 0 aromatic rings. The van der Waals surface area contributed by atoms with Crippen molar-refractivity contribution in [2.75, 3.05) is 52.9 Å². The molecule has 0 spiro atoms. The van der Waals surface area contributed by atoms with Crippen molar-refractivity contribution in [1.29, 1.82) is 0 Å². The molecule has 2 aliphatic heterocycles. The normalized spacial score (nSPS) is 27.7. The number of rotatable bonds is 3. The molecule has 0 aliphatic carbocycles. The molecule has 4 heteroatoms. The van der Waals surface area contributed by atoms with Gasteiger partial charge in [-0.1, -0.05) is 13.8 Å². The molecule has 2 rings (SSSR count). The molecule has 0 aromatic heterocycles. The van der Waals surface area contributed by atoms with E-state index in [9.17, 15) is 0 Å². The van der Waals surface area contributed by atoms with Crippen LogP contribution in [0.3, 0.4) is 0 Å². The molecule has 2 aliphatic rings. The number of hydrogen-bond acceptors (Lipinski definition) is 4. The maximum absolute atomic E-state index is 5.66. The zero-order chi connectivity index (χ0) is 13.4. The fourth-order valence-electron chi connectivity index (χ4n) is 2.70. The average Bonchev–Trinajstić information content (AvgIpc) is 2.44. The van der Waals surface area contributed by atoms with Crippen molar-refractivity contribution in [3.8, 4) is 0 Å². The summed E-state index contributed by atoms with van der Waals surface area (Å²) < 4.78 is 5.59. The van der Waals surface area contributed by atoms with E-state index in [0.717, 1.165) is 25.6 Å². The number of likely N-dealkylation sites (tertiary alicyclic amines) is 1. The maximum atomic E-state index is 5.66. The summed E-state index contributed by atoms with van der Waals surface area (Å²) in [7, 11) is 2.22. The van der Waals surface area contributed by atoms with Crippen LogP contribution >= 0.6 is 0 Å². The fourth-order valence-corrected chi connectivity index (χ4v) is 2.70. The van der Waals surface area contributed by atoms with Gasteiger partial charge < -0.3 is 15.4 Å². The summed E-state index contributed by atoms with van der Waals surface area (Å²) in [6, 6.07) is 0. The van der Waals surface area contributed by atoms with Gasteiger partial charge in [-0.3, -0.25) is 4.90 Å². The summed E-state index contributed by atoms with van der Waals surface area (Å²) in [6.45, 7) is 11.4. The van der Waals surface area contributed by atoms with Crippen LogP contribution in [-0.4, -0.2) is 68.8 Å². The van der Waals surface area contributed by atoms with E-state index < -0.39 is 0 Å². The number of morpholine rings is 1. The lowest BCUT2D eigenvalue weighted by atomic mass is 9.96. The average molecular weight is 257 g/mol. The Bertz CT molecular complexity index is 205. The van der Waals surface area contributed by atoms with Gasteiger partial charge in [-0.25, -0.2) is 0 Å². The number of nitrogens with two attached hydrogens (primary N) is 1. The van der Waals surface area contributed by atoms with Crippen LogP contribution < -0.4 is 5.73 Å². The number of hydrogen-bond donors (Lipinski definition) is 1. The zero-order valence-corrected chi connectivity index (χ0v) is 12.4. The highest BCUT2D eigenvalue weighted by atomic mass is 16.5. The molecule has 0 saturated carbocycles. The van der Waals surface area contributed by atoms with Gasteiger partial charge in [0.1, 0.15) is 0 Å². The van der Waals surface area contributed by atoms with Crippen molar-refractivity contribution in [1.82, 2.24) is 9.80 Å². The van der Waals surface area contributed by atoms with Crippen LogP contribution in [-0.2, 0) is 4.74 Å². The van der Waals surface area contributed by atoms with Crippen LogP contribution in [0.15, 0.2) is 0 Å². The monoisotopic (exact) mass is 257 g/mol. The molecule has 108 valence electrons. The quantitative estimate of drug-likeness (QED) is 0.819. The standard InChI is InChI=1S/C12H25N3O.C2H6/c1-14-4-2-11(3-5-14)9-15-6-7-16-12(8-13)10-15;1-2/h11-12H,2-10,13H2,1H3;1-2H3. The smallest absolute Gasteiger partial charge is 0.0824 e. The first-order valence-corrected chi connectivity index (χ1v) is 7.50. The Kier molecular flexibility index (Phi) is 7.82. The van der Waals surface area contributed by atoms with Crippen molar-refractivity contribution in [2.45, 2.75) is 32.8 Å². The maximum Gasteiger partial charge on any atom is 0.0824 e. The van der Waals surface area contributed by atoms with E-state index in [1.165, 1.54) is 32.5 Å². The summed E-state index contributed by atoms with van der Waals surface area (Å²) in [5.74, 6) is 0.882. The number of nitrogens with zero attached hydrogens (tertiary/aromatic N) is 2. The number of piperidine rings is 1. The summed E-state index contributed by atoms with van der Waals surface area (Å²) in [6.07, 6.45) is 2.96. The van der Waals surface area contributed by atoms with E-state index in [1.807, 2.05) is 13.8 Å². The highest BCUT2D eigenvalue weighted by Gasteiger charge is 2.23. The van der Waals surface area contributed by atoms with Crippen molar-refractivity contribution >= 4 is 0 Å². The summed E-state index contributed by atoms with van der Waals surface area (Å²) >= 11 is 0. The molecule has 0 radical (unpaired) electrons. The molecular formula is C14H31N3O. The highest BCUT2D eigenvalue weighted by molar-refractivity contribution is 4.77. The second-order valence-corrected chi connectivity index (χ2v) is 5.23. The van der Waals surface area contributed by atoms with Crippen LogP contribution in [0.4, 0.5) is 0 Å². The lowest BCUT2D eigenvalue weighted by Crippen LogP contribution is -2.48. The summed E-state index contributed by atoms with van der Waals surface area (Å²) in [5, 5.41) is 0. The summed E-state index contributed by atoms with van der Waals surface area (Å²) in [5.41, 5.74) is 5.66. The lowest BCUT2D eigenvalue weighted by molar-refractivity contribution is -0.0302. The minimum atomic E-state index is 0.264. The number of ether oxygens (including phenoxy) is 1. The van der Waals surface area contributed by atoms with Gasteiger partial charge in [0.05, 0.1) is 12.7 Å². The van der Waals surface area contributed by atoms with Crippen LogP contribution in [0, 0.1) is 5.92 Å². The van der Waals surface area contributed by atoms with E-state index in [2.05, 4.69) is 16.8 Å². The van der Waals surface area contributed by atoms with Gasteiger partial charge in [0.25, 0.3) is 0 Å². The minimum Gasteiger partial charge on any atom is -0.374 e. The Labute approximate surface area is 112 Å². The SMILES string of the molecule is CC.CN1CCC(CN2CCOC(CN)C2)CC1. The summed E-state index contributed by atoms with van der Waals surface area (Å²) in [4.78, 5) is 4.97. The molecule has 1 unspecified atom stereocenters. The van der Waals surface area contributed by atoms with Gasteiger partial charge in [-0.2, -0.15) is 0 Å². The van der Waals surface area contributed by atoms with E-state index in [0.29, 0.717) is 6.54 Å². The zero-order valence-electron chi connectivity index (χ0n) is 12.4. The molecule has 2 heterocycles. The Morgan fingerprint density at radius 2 is 1.83 bits per heavy atom. The molecule has 18 heavy (non-hydrogen) atoms. The van der Waals surface area contributed by atoms with Gasteiger partial charge in [0, 0.05) is 26.2 Å². The van der Waals surface area contributed by atoms with Gasteiger partial charge in [-0.15, -0.1) is 0 Å². The van der Waals surface area contributed by atoms with Gasteiger partial charge >= 0.3 is 0 Å². The third kappa shape index (κ3) is 5.22. The molecular weight excluding hydrogens is 226 g/mol. The largest absolute Gasteiger partial charge is 0.374 e. The van der Waals surface area contributed by atoms with Crippen molar-refractivity contribution in [3.05, 3.63) is 0 Å². The Morgan fingerprint density at radius 1 is 1.17 bits per heavy atom. The Hall–Kier alpha value is -0.160. The highest BCUT2D eigenvalue weighted by Crippen LogP contribution is 2.18. The van der Waals surface area contributed by atoms with E-state index >= 15 is 0 Å². The molecule has 1 atom stereocenters. The molecule has 2 fully saturated rings. The topological polar surface area (TPSA) is 41.7 Å². The van der Waals surface area contributed by atoms with Crippen LogP contribution in [0.2, 0.25) is 0 Å². The van der Waals surface area contributed by atoms with Crippen LogP contribution in [0.1, 0.15) is 26.7 Å². The Balaban J connectivity index is 0.000000771. The predicted octanol–water partition coefficient (Wildman–Crippen LogP) is 1.01. The molecule has 4 nitrogen and oxygen atoms in total. The lowest BCUT2D eigenvalue weighted by Gasteiger charge is -2.37. The first-order valence-electron chi connectivity index (χ1n) is 7.50. The predicted molar refractivity (Wildman–Crippen MR) is 76.8 cm³/mol.